The number of benzene rings is 1. The van der Waals surface area contributed by atoms with Gasteiger partial charge in [-0.05, 0) is 78.7 Å². The average Bonchev–Trinajstić information content (AvgIpc) is 3.52. The Hall–Kier alpha value is -4.65. The second kappa shape index (κ2) is 15.9. The number of amides is 1. The number of nitrogens with one attached hydrogen (secondary N) is 1. The molecule has 0 spiro atoms. The highest BCUT2D eigenvalue weighted by atomic mass is 32.1. The fraction of sp³-hybridized carbons (Fsp3) is 0.459. The number of piperidine rings is 1. The van der Waals surface area contributed by atoms with Crippen molar-refractivity contribution in [1.29, 1.82) is 5.26 Å². The zero-order valence-electron chi connectivity index (χ0n) is 29.1. The Bertz CT molecular complexity index is 1950. The molecule has 4 N–H and O–H groups in total. The molecular formula is C37H41F3N6O5S. The van der Waals surface area contributed by atoms with Gasteiger partial charge in [0.15, 0.2) is 5.01 Å². The number of carboxylic acids is 1. The molecule has 11 nitrogen and oxygen atoms in total. The fourth-order valence-corrected chi connectivity index (χ4v) is 7.29. The number of likely N-dealkylation sites (tertiary alicyclic amines) is 1. The van der Waals surface area contributed by atoms with Crippen molar-refractivity contribution in [2.75, 3.05) is 19.6 Å². The van der Waals surface area contributed by atoms with Crippen LogP contribution < -0.4 is 5.32 Å². The topological polar surface area (TPSA) is 173 Å². The summed E-state index contributed by atoms with van der Waals surface area (Å²) in [5.74, 6) is -2.66. The second-order valence-corrected chi connectivity index (χ2v) is 15.2. The number of fused-ring (bicyclic) bond motifs is 2. The number of aromatic hydroxyl groups is 1. The summed E-state index contributed by atoms with van der Waals surface area (Å²) >= 11 is 1.35. The number of aliphatic hydroxyl groups excluding tert-OH is 1. The standard InChI is InChI=1S/C35H40N6O3S.C2HF3O2/c1-35(2,3)26-8-9-28-23(17-26)18-30-33(39-28)45-34(40-30)32(44)38-29(12-15-41-13-10-27(42)11-14-41)22-6-4-21(5-7-22)25-16-24(19-36)31(43)37-20-25;3-2(4,5)1(6)7/h4-7,16,18,20,26-27,29,42H,8-15,17H2,1-3H3,(H,37,43)(H,38,44);(H,6,7)/t26-,29+;/m0./s1. The van der Waals surface area contributed by atoms with E-state index in [2.05, 4.69) is 42.0 Å². The molecule has 1 amide bonds. The number of aliphatic hydroxyl groups is 1. The Morgan fingerprint density at radius 1 is 1.08 bits per heavy atom. The van der Waals surface area contributed by atoms with Crippen LogP contribution in [0.15, 0.2) is 42.6 Å². The van der Waals surface area contributed by atoms with Crippen LogP contribution in [0.2, 0.25) is 0 Å². The van der Waals surface area contributed by atoms with E-state index in [0.29, 0.717) is 17.3 Å². The maximum atomic E-state index is 13.7. The SMILES string of the molecule is CC(C)(C)[C@H]1CCc2nc3sc(C(=O)N[C@H](CCN4CCC(O)CC4)c4ccc(-c5cnc(O)c(C#N)c5)cc4)nc3cc2C1.O=C(O)C(F)(F)F. The van der Waals surface area contributed by atoms with Crippen LogP contribution in [0.1, 0.15) is 84.7 Å². The highest BCUT2D eigenvalue weighted by Crippen LogP contribution is 2.38. The average molecular weight is 739 g/mol. The van der Waals surface area contributed by atoms with Crippen molar-refractivity contribution in [3.05, 3.63) is 70.0 Å². The smallest absolute Gasteiger partial charge is 0.490 e. The van der Waals surface area contributed by atoms with Crippen LogP contribution in [-0.2, 0) is 17.6 Å². The zero-order chi connectivity index (χ0) is 37.8. The third-order valence-corrected chi connectivity index (χ3v) is 10.6. The van der Waals surface area contributed by atoms with Gasteiger partial charge in [0.25, 0.3) is 5.91 Å². The van der Waals surface area contributed by atoms with Crippen LogP contribution in [0.3, 0.4) is 0 Å². The van der Waals surface area contributed by atoms with Gasteiger partial charge in [0.1, 0.15) is 22.0 Å². The number of thiazole rings is 1. The number of halogens is 3. The van der Waals surface area contributed by atoms with Crippen LogP contribution in [0.5, 0.6) is 5.88 Å². The van der Waals surface area contributed by atoms with Gasteiger partial charge in [-0.3, -0.25) is 4.79 Å². The number of aliphatic carboxylic acids is 1. The van der Waals surface area contributed by atoms with Gasteiger partial charge in [-0.25, -0.2) is 19.7 Å². The van der Waals surface area contributed by atoms with E-state index in [-0.39, 0.29) is 34.9 Å². The summed E-state index contributed by atoms with van der Waals surface area (Å²) in [5.41, 5.74) is 6.06. The molecule has 276 valence electrons. The Kier molecular flexibility index (Phi) is 11.8. The van der Waals surface area contributed by atoms with Crippen LogP contribution >= 0.6 is 11.3 Å². The summed E-state index contributed by atoms with van der Waals surface area (Å²) in [6, 6.07) is 13.3. The molecule has 4 aromatic rings. The van der Waals surface area contributed by atoms with Crippen molar-refractivity contribution < 1.29 is 38.1 Å². The van der Waals surface area contributed by atoms with E-state index >= 15 is 0 Å². The van der Waals surface area contributed by atoms with Crippen LogP contribution in [-0.4, -0.2) is 79.0 Å². The van der Waals surface area contributed by atoms with Crippen molar-refractivity contribution in [2.45, 2.75) is 77.6 Å². The van der Waals surface area contributed by atoms with E-state index in [9.17, 15) is 33.4 Å². The van der Waals surface area contributed by atoms with Gasteiger partial charge < -0.3 is 25.5 Å². The van der Waals surface area contributed by atoms with E-state index in [1.807, 2.05) is 30.3 Å². The third kappa shape index (κ3) is 9.61. The summed E-state index contributed by atoms with van der Waals surface area (Å²) in [6.07, 6.45) is 1.51. The van der Waals surface area contributed by atoms with Crippen molar-refractivity contribution in [1.82, 2.24) is 25.2 Å². The highest BCUT2D eigenvalue weighted by molar-refractivity contribution is 7.19. The van der Waals surface area contributed by atoms with Gasteiger partial charge >= 0.3 is 12.1 Å². The molecule has 1 aliphatic carbocycles. The number of rotatable bonds is 7. The lowest BCUT2D eigenvalue weighted by atomic mass is 9.71. The third-order valence-electron chi connectivity index (χ3n) is 9.64. The van der Waals surface area contributed by atoms with Crippen molar-refractivity contribution >= 4 is 33.6 Å². The van der Waals surface area contributed by atoms with Crippen LogP contribution in [0, 0.1) is 22.7 Å². The first-order chi connectivity index (χ1) is 24.5. The Morgan fingerprint density at radius 3 is 2.37 bits per heavy atom. The van der Waals surface area contributed by atoms with E-state index in [4.69, 9.17) is 19.9 Å². The molecule has 1 aliphatic heterocycles. The Labute approximate surface area is 303 Å². The lowest BCUT2D eigenvalue weighted by Crippen LogP contribution is -2.38. The Morgan fingerprint density at radius 2 is 1.75 bits per heavy atom. The molecule has 6 rings (SSSR count). The van der Waals surface area contributed by atoms with Gasteiger partial charge in [-0.1, -0.05) is 56.4 Å². The first-order valence-corrected chi connectivity index (χ1v) is 17.8. The monoisotopic (exact) mass is 738 g/mol. The van der Waals surface area contributed by atoms with Gasteiger partial charge in [-0.15, -0.1) is 0 Å². The fourth-order valence-electron chi connectivity index (χ4n) is 6.45. The highest BCUT2D eigenvalue weighted by Gasteiger charge is 2.38. The van der Waals surface area contributed by atoms with Gasteiger partial charge in [-0.2, -0.15) is 18.4 Å². The molecule has 52 heavy (non-hydrogen) atoms. The molecule has 1 aromatic carbocycles. The predicted octanol–water partition coefficient (Wildman–Crippen LogP) is 6.43. The number of carboxylic acid groups (broad SMARTS) is 1. The first kappa shape index (κ1) is 38.6. The van der Waals surface area contributed by atoms with Crippen LogP contribution in [0.4, 0.5) is 13.2 Å². The molecule has 0 saturated carbocycles. The predicted molar refractivity (Wildman–Crippen MR) is 189 cm³/mol. The number of pyridine rings is 2. The van der Waals surface area contributed by atoms with E-state index in [0.717, 1.165) is 84.5 Å². The molecule has 1 saturated heterocycles. The molecular weight excluding hydrogens is 698 g/mol. The summed E-state index contributed by atoms with van der Waals surface area (Å²) in [5, 5.41) is 39.8. The van der Waals surface area contributed by atoms with Crippen molar-refractivity contribution in [3.63, 3.8) is 0 Å². The quantitative estimate of drug-likeness (QED) is 0.166. The molecule has 0 unspecified atom stereocenters. The first-order valence-electron chi connectivity index (χ1n) is 17.0. The largest absolute Gasteiger partial charge is 0.492 e. The number of alkyl halides is 3. The maximum Gasteiger partial charge on any atom is 0.490 e. The minimum Gasteiger partial charge on any atom is -0.492 e. The number of nitriles is 1. The molecule has 2 atom stereocenters. The number of carbonyl (C=O) groups is 2. The summed E-state index contributed by atoms with van der Waals surface area (Å²) in [4.78, 5) is 39.4. The van der Waals surface area contributed by atoms with Gasteiger partial charge in [0.2, 0.25) is 5.88 Å². The van der Waals surface area contributed by atoms with Crippen molar-refractivity contribution in [3.8, 4) is 23.1 Å². The number of aromatic nitrogens is 3. The molecule has 4 heterocycles. The van der Waals surface area contributed by atoms with Crippen LogP contribution in [0.25, 0.3) is 21.5 Å². The number of carbonyl (C=O) groups excluding carboxylic acids is 1. The van der Waals surface area contributed by atoms with E-state index in [1.165, 1.54) is 23.1 Å². The molecule has 2 aliphatic rings. The molecule has 0 radical (unpaired) electrons. The normalized spacial score (nSPS) is 17.4. The van der Waals surface area contributed by atoms with E-state index in [1.54, 1.807) is 6.07 Å². The molecule has 0 bridgehead atoms. The number of aryl methyl sites for hydroxylation is 1. The maximum absolute atomic E-state index is 13.7. The molecule has 1 fully saturated rings. The van der Waals surface area contributed by atoms with E-state index < -0.39 is 12.1 Å². The number of hydrogen-bond donors (Lipinski definition) is 4. The Balaban J connectivity index is 0.000000679. The number of nitrogens with zero attached hydrogens (tertiary/aromatic N) is 5. The molecule has 3 aromatic heterocycles. The zero-order valence-corrected chi connectivity index (χ0v) is 29.9. The van der Waals surface area contributed by atoms with Gasteiger partial charge in [0, 0.05) is 37.1 Å². The van der Waals surface area contributed by atoms with Gasteiger partial charge in [0.05, 0.1) is 12.1 Å². The minimum absolute atomic E-state index is 0.119. The summed E-state index contributed by atoms with van der Waals surface area (Å²) < 4.78 is 31.7. The summed E-state index contributed by atoms with van der Waals surface area (Å²) in [7, 11) is 0. The lowest BCUT2D eigenvalue weighted by Gasteiger charge is -2.34. The molecule has 15 heteroatoms. The van der Waals surface area contributed by atoms with Crippen molar-refractivity contribution in [2.24, 2.45) is 11.3 Å². The second-order valence-electron chi connectivity index (χ2n) is 14.3. The lowest BCUT2D eigenvalue weighted by molar-refractivity contribution is -0.192. The minimum atomic E-state index is -5.08. The summed E-state index contributed by atoms with van der Waals surface area (Å²) in [6.45, 7) is 9.35. The number of hydrogen-bond acceptors (Lipinski definition) is 10.